The number of amides is 1. The first-order valence-corrected chi connectivity index (χ1v) is 13.1. The maximum atomic E-state index is 12.7. The molecule has 4 rings (SSSR count). The molecule has 6 nitrogen and oxygen atoms in total. The van der Waals surface area contributed by atoms with Crippen LogP contribution in [0.25, 0.3) is 0 Å². The lowest BCUT2D eigenvalue weighted by Gasteiger charge is -2.44. The van der Waals surface area contributed by atoms with E-state index in [2.05, 4.69) is 16.4 Å². The summed E-state index contributed by atoms with van der Waals surface area (Å²) < 4.78 is 0. The molecule has 1 amide bonds. The predicted octanol–water partition coefficient (Wildman–Crippen LogP) is 5.58. The van der Waals surface area contributed by atoms with Gasteiger partial charge in [0.1, 0.15) is 15.9 Å². The lowest BCUT2D eigenvalue weighted by atomic mass is 9.61. The highest BCUT2D eigenvalue weighted by atomic mass is 32.2. The van der Waals surface area contributed by atoms with E-state index in [-0.39, 0.29) is 17.6 Å². The summed E-state index contributed by atoms with van der Waals surface area (Å²) in [5.74, 6) is 0.362. The normalized spacial score (nSPS) is 19.8. The molecule has 2 aromatic rings. The van der Waals surface area contributed by atoms with Crippen LogP contribution in [0.2, 0.25) is 0 Å². The Bertz CT molecular complexity index is 1170. The number of nitrogens with zero attached hydrogens (tertiary/aromatic N) is 3. The van der Waals surface area contributed by atoms with Gasteiger partial charge in [-0.15, -0.1) is 11.3 Å². The number of carbonyl (C=O) groups is 1. The van der Waals surface area contributed by atoms with E-state index >= 15 is 0 Å². The molecule has 2 aliphatic rings. The molecule has 0 radical (unpaired) electrons. The van der Waals surface area contributed by atoms with Crippen molar-refractivity contribution in [3.63, 3.8) is 0 Å². The zero-order valence-corrected chi connectivity index (χ0v) is 20.9. The average molecular weight is 480 g/mol. The zero-order valence-electron chi connectivity index (χ0n) is 19.3. The highest BCUT2D eigenvalue weighted by Crippen LogP contribution is 2.56. The molecule has 1 aliphatic carbocycles. The van der Waals surface area contributed by atoms with Crippen LogP contribution in [-0.2, 0) is 4.79 Å². The molecule has 1 fully saturated rings. The maximum absolute atomic E-state index is 12.7. The fourth-order valence-electron chi connectivity index (χ4n) is 4.88. The first-order chi connectivity index (χ1) is 15.8. The minimum Gasteiger partial charge on any atom is -0.387 e. The number of carbonyl (C=O) groups excluding carboxylic acids is 1. The second kappa shape index (κ2) is 9.70. The van der Waals surface area contributed by atoms with Crippen LogP contribution in [0.4, 0.5) is 5.69 Å². The smallest absolute Gasteiger partial charge is 0.234 e. The Hall–Kier alpha value is -2.63. The number of benzene rings is 1. The highest BCUT2D eigenvalue weighted by Gasteiger charge is 2.50. The molecular weight excluding hydrogens is 450 g/mol. The fraction of sp³-hybridized carbons (Fsp3) is 0.440. The van der Waals surface area contributed by atoms with Gasteiger partial charge in [-0.2, -0.15) is 5.26 Å². The Morgan fingerprint density at radius 3 is 2.67 bits per heavy atom. The molecule has 1 aliphatic heterocycles. The summed E-state index contributed by atoms with van der Waals surface area (Å²) in [5, 5.41) is 16.7. The van der Waals surface area contributed by atoms with Crippen LogP contribution in [0.5, 0.6) is 0 Å². The van der Waals surface area contributed by atoms with Gasteiger partial charge < -0.3 is 11.1 Å². The summed E-state index contributed by atoms with van der Waals surface area (Å²) in [4.78, 5) is 22.0. The number of thioether (sulfide) groups is 1. The van der Waals surface area contributed by atoms with Gasteiger partial charge in [-0.25, -0.2) is 9.98 Å². The van der Waals surface area contributed by atoms with Crippen LogP contribution in [-0.4, -0.2) is 22.5 Å². The number of nitriles is 1. The Balaban J connectivity index is 1.59. The highest BCUT2D eigenvalue weighted by molar-refractivity contribution is 8.03. The number of nitrogens with two attached hydrogens (primary N) is 1. The van der Waals surface area contributed by atoms with Gasteiger partial charge in [-0.3, -0.25) is 4.79 Å². The summed E-state index contributed by atoms with van der Waals surface area (Å²) in [7, 11) is 0. The van der Waals surface area contributed by atoms with E-state index in [1.807, 2.05) is 44.4 Å². The fourth-order valence-corrected chi connectivity index (χ4v) is 6.81. The number of thiazole rings is 1. The van der Waals surface area contributed by atoms with E-state index in [4.69, 9.17) is 10.7 Å². The molecule has 8 heteroatoms. The van der Waals surface area contributed by atoms with E-state index in [0.717, 1.165) is 54.1 Å². The van der Waals surface area contributed by atoms with Gasteiger partial charge in [0.25, 0.3) is 0 Å². The van der Waals surface area contributed by atoms with Gasteiger partial charge in [-0.05, 0) is 56.9 Å². The van der Waals surface area contributed by atoms with Crippen LogP contribution in [0.1, 0.15) is 59.9 Å². The Morgan fingerprint density at radius 1 is 1.27 bits per heavy atom. The molecule has 1 aromatic heterocycles. The molecule has 0 unspecified atom stereocenters. The molecule has 1 atom stereocenters. The first-order valence-electron chi connectivity index (χ1n) is 11.2. The summed E-state index contributed by atoms with van der Waals surface area (Å²) in [5.41, 5.74) is 10.9. The molecule has 1 saturated carbocycles. The van der Waals surface area contributed by atoms with Crippen LogP contribution >= 0.6 is 23.1 Å². The standard InChI is InChI=1S/C25H29N5OS2/c1-15-7-8-18(11-16(15)2)29-20(31)14-33-23-19(12-26)25(9-5-4-6-10-25)21(22(27)30-23)24-28-17(3)13-32-24/h7-8,11,13,21H,4-6,9-10,14H2,1-3H3,(H2,27,30)(H,29,31)/t21-/m0/s1. The molecule has 3 N–H and O–H groups in total. The number of aryl methyl sites for hydroxylation is 3. The van der Waals surface area contributed by atoms with E-state index in [0.29, 0.717) is 16.4 Å². The lowest BCUT2D eigenvalue weighted by Crippen LogP contribution is -2.43. The van der Waals surface area contributed by atoms with Crippen LogP contribution < -0.4 is 11.1 Å². The van der Waals surface area contributed by atoms with Gasteiger partial charge in [0.05, 0.1) is 23.3 Å². The summed E-state index contributed by atoms with van der Waals surface area (Å²) in [6, 6.07) is 8.33. The number of nitrogens with one attached hydrogen (secondary N) is 1. The average Bonchev–Trinajstić information content (AvgIpc) is 3.21. The van der Waals surface area contributed by atoms with E-state index in [1.165, 1.54) is 17.3 Å². The van der Waals surface area contributed by atoms with Crippen molar-refractivity contribution in [3.8, 4) is 6.07 Å². The molecule has 2 heterocycles. The summed E-state index contributed by atoms with van der Waals surface area (Å²) in [6.07, 6.45) is 5.01. The van der Waals surface area contributed by atoms with E-state index in [9.17, 15) is 10.1 Å². The van der Waals surface area contributed by atoms with Gasteiger partial charge in [0.15, 0.2) is 0 Å². The van der Waals surface area contributed by atoms with Crippen molar-refractivity contribution >= 4 is 40.5 Å². The lowest BCUT2D eigenvalue weighted by molar-refractivity contribution is -0.113. The van der Waals surface area contributed by atoms with Gasteiger partial charge in [0.2, 0.25) is 5.91 Å². The quantitative estimate of drug-likeness (QED) is 0.582. The number of rotatable bonds is 5. The molecule has 33 heavy (non-hydrogen) atoms. The third-order valence-electron chi connectivity index (χ3n) is 6.66. The third-order valence-corrected chi connectivity index (χ3v) is 8.67. The van der Waals surface area contributed by atoms with Gasteiger partial charge in [-0.1, -0.05) is 37.1 Å². The summed E-state index contributed by atoms with van der Waals surface area (Å²) >= 11 is 2.89. The Kier molecular flexibility index (Phi) is 6.91. The van der Waals surface area contributed by atoms with Crippen molar-refractivity contribution < 1.29 is 4.79 Å². The van der Waals surface area contributed by atoms with Crippen LogP contribution in [0, 0.1) is 37.5 Å². The van der Waals surface area contributed by atoms with Crippen LogP contribution in [0.3, 0.4) is 0 Å². The van der Waals surface area contributed by atoms with Gasteiger partial charge >= 0.3 is 0 Å². The Morgan fingerprint density at radius 2 is 2.03 bits per heavy atom. The number of amidine groups is 1. The number of aliphatic imine (C=N–C) groups is 1. The van der Waals surface area contributed by atoms with Crippen LogP contribution in [0.15, 0.2) is 39.2 Å². The molecule has 1 spiro atoms. The summed E-state index contributed by atoms with van der Waals surface area (Å²) in [6.45, 7) is 6.03. The second-order valence-electron chi connectivity index (χ2n) is 8.94. The third kappa shape index (κ3) is 4.71. The minimum absolute atomic E-state index is 0.128. The zero-order chi connectivity index (χ0) is 23.6. The molecular formula is C25H29N5OS2. The molecule has 0 bridgehead atoms. The minimum atomic E-state index is -0.393. The number of hydrogen-bond donors (Lipinski definition) is 2. The van der Waals surface area contributed by atoms with E-state index in [1.54, 1.807) is 11.3 Å². The number of aromatic nitrogens is 1. The maximum Gasteiger partial charge on any atom is 0.234 e. The van der Waals surface area contributed by atoms with Gasteiger partial charge in [0, 0.05) is 22.2 Å². The topological polar surface area (TPSA) is 104 Å². The van der Waals surface area contributed by atoms with Crippen molar-refractivity contribution in [2.75, 3.05) is 11.1 Å². The van der Waals surface area contributed by atoms with E-state index < -0.39 is 5.41 Å². The number of anilines is 1. The van der Waals surface area contributed by atoms with Crippen molar-refractivity contribution in [2.24, 2.45) is 16.1 Å². The number of hydrogen-bond acceptors (Lipinski definition) is 7. The second-order valence-corrected chi connectivity index (χ2v) is 10.8. The van der Waals surface area contributed by atoms with Crippen molar-refractivity contribution in [3.05, 3.63) is 56.0 Å². The molecule has 1 aromatic carbocycles. The first kappa shape index (κ1) is 23.5. The number of allylic oxidation sites excluding steroid dienone is 1. The van der Waals surface area contributed by atoms with Crippen molar-refractivity contribution in [1.29, 1.82) is 5.26 Å². The van der Waals surface area contributed by atoms with Crippen molar-refractivity contribution in [1.82, 2.24) is 4.98 Å². The van der Waals surface area contributed by atoms with Crippen molar-refractivity contribution in [2.45, 2.75) is 58.8 Å². The molecule has 0 saturated heterocycles. The Labute approximate surface area is 203 Å². The largest absolute Gasteiger partial charge is 0.387 e. The predicted molar refractivity (Wildman–Crippen MR) is 136 cm³/mol. The monoisotopic (exact) mass is 479 g/mol. The molecule has 172 valence electrons. The SMILES string of the molecule is Cc1csc([C@@H]2C(N)=NC(SCC(=O)Nc3ccc(C)c(C)c3)=C(C#N)C23CCCCC3)n1.